The Morgan fingerprint density at radius 1 is 0.421 bits per heavy atom. The molecule has 7 rings (SSSR count). The van der Waals surface area contributed by atoms with Crippen molar-refractivity contribution in [3.63, 3.8) is 0 Å². The molecule has 6 aromatic rings. The predicted molar refractivity (Wildman–Crippen MR) is 135 cm³/mol. The van der Waals surface area contributed by atoms with Crippen LogP contribution in [-0.2, 0) is 0 Å². The van der Waals surface area contributed by atoms with Crippen LogP contribution in [0.4, 0.5) is 0 Å². The molecule has 0 saturated heterocycles. The molecule has 4 aromatic heterocycles. The molecule has 12 nitrogen and oxygen atoms in total. The van der Waals surface area contributed by atoms with Crippen LogP contribution in [0.3, 0.4) is 0 Å². The van der Waals surface area contributed by atoms with E-state index in [1.54, 1.807) is 0 Å². The Morgan fingerprint density at radius 3 is 0.895 bits per heavy atom. The van der Waals surface area contributed by atoms with Crippen molar-refractivity contribution in [1.29, 1.82) is 0 Å². The van der Waals surface area contributed by atoms with Crippen LogP contribution in [0.15, 0.2) is 71.5 Å². The summed E-state index contributed by atoms with van der Waals surface area (Å²) in [6.07, 6.45) is 1.24. The van der Waals surface area contributed by atoms with Gasteiger partial charge >= 0.3 is 22.5 Å². The number of rotatable bonds is 2. The first-order chi connectivity index (χ1) is 18.2. The molecule has 0 radical (unpaired) electrons. The maximum atomic E-state index is 13.1. The predicted octanol–water partition coefficient (Wildman–Crippen LogP) is 0.0776. The summed E-state index contributed by atoms with van der Waals surface area (Å²) < 4.78 is 11.3. The van der Waals surface area contributed by atoms with E-state index >= 15 is 0 Å². The normalized spacial score (nSPS) is 18.4. The second-order valence-electron chi connectivity index (χ2n) is 9.66. The molecule has 0 spiro atoms. The molecule has 1 saturated carbocycles. The van der Waals surface area contributed by atoms with Gasteiger partial charge in [-0.05, 0) is 49.9 Å². The monoisotopic (exact) mass is 514 g/mol. The fraction of sp³-hybridized carbons (Fsp3) is 0.231. The van der Waals surface area contributed by atoms with E-state index in [0.29, 0.717) is 25.7 Å². The minimum atomic E-state index is -0.876. The summed E-state index contributed by atoms with van der Waals surface area (Å²) >= 11 is 0. The van der Waals surface area contributed by atoms with Gasteiger partial charge in [0.25, 0.3) is 22.2 Å². The minimum absolute atomic E-state index is 0.0176. The smallest absolute Gasteiger partial charge is 0.346 e. The number of fused-ring (bicyclic) bond motifs is 4. The van der Waals surface area contributed by atoms with E-state index in [2.05, 4.69) is 8.83 Å². The lowest BCUT2D eigenvalue weighted by atomic mass is 9.91. The highest BCUT2D eigenvalue weighted by molar-refractivity contribution is 5.98. The van der Waals surface area contributed by atoms with Crippen molar-refractivity contribution in [3.8, 4) is 0 Å². The zero-order valence-corrected chi connectivity index (χ0v) is 19.3. The zero-order valence-electron chi connectivity index (χ0n) is 19.3. The van der Waals surface area contributed by atoms with Gasteiger partial charge < -0.3 is 8.83 Å². The Morgan fingerprint density at radius 2 is 0.658 bits per heavy atom. The van der Waals surface area contributed by atoms with Crippen molar-refractivity contribution in [2.45, 2.75) is 37.8 Å². The van der Waals surface area contributed by atoms with E-state index in [1.807, 2.05) is 0 Å². The molecule has 12 heteroatoms. The second-order valence-corrected chi connectivity index (χ2v) is 9.66. The Bertz CT molecular complexity index is 2100. The molecule has 188 valence electrons. The Kier molecular flexibility index (Phi) is 4.26. The lowest BCUT2D eigenvalue weighted by molar-refractivity contribution is 0.264. The number of hydrogen-bond acceptors (Lipinski definition) is 10. The summed E-state index contributed by atoms with van der Waals surface area (Å²) in [5.41, 5.74) is -5.85. The van der Waals surface area contributed by atoms with Crippen LogP contribution in [-0.4, -0.2) is 9.13 Å². The number of nitrogens with zero attached hydrogens (tertiary/aromatic N) is 2. The molecule has 1 aliphatic carbocycles. The average Bonchev–Trinajstić information content (AvgIpc) is 3.52. The minimum Gasteiger partial charge on any atom is -0.386 e. The van der Waals surface area contributed by atoms with Gasteiger partial charge in [-0.1, -0.05) is 0 Å². The van der Waals surface area contributed by atoms with Gasteiger partial charge in [0.1, 0.15) is 0 Å². The van der Waals surface area contributed by atoms with Crippen molar-refractivity contribution in [2.24, 2.45) is 0 Å². The molecule has 0 atom stereocenters. The van der Waals surface area contributed by atoms with Crippen molar-refractivity contribution in [1.82, 2.24) is 9.13 Å². The van der Waals surface area contributed by atoms with Gasteiger partial charge in [-0.2, -0.15) is 0 Å². The zero-order chi connectivity index (χ0) is 26.6. The molecular formula is C26H14N2O10. The van der Waals surface area contributed by atoms with Crippen LogP contribution in [0.5, 0.6) is 0 Å². The van der Waals surface area contributed by atoms with Gasteiger partial charge in [-0.25, -0.2) is 19.2 Å². The van der Waals surface area contributed by atoms with Crippen LogP contribution in [0.2, 0.25) is 0 Å². The van der Waals surface area contributed by atoms with E-state index in [0.717, 1.165) is 9.13 Å². The SMILES string of the molecule is O=c1oc(=O)c2cc3c(=O)n(C4CCC(n5c(=O)c6cc7c(=O)oc(=O)c7cc6c5=O)CC4)c(=O)c3cc12. The maximum Gasteiger partial charge on any atom is 0.346 e. The molecule has 1 aliphatic rings. The lowest BCUT2D eigenvalue weighted by Gasteiger charge is -2.28. The van der Waals surface area contributed by atoms with Gasteiger partial charge in [0, 0.05) is 12.1 Å². The van der Waals surface area contributed by atoms with Crippen LogP contribution in [0.25, 0.3) is 43.1 Å². The molecule has 4 heterocycles. The molecular weight excluding hydrogens is 500 g/mol. The van der Waals surface area contributed by atoms with Gasteiger partial charge in [0.2, 0.25) is 0 Å². The topological polar surface area (TPSA) is 173 Å². The molecule has 0 amide bonds. The second kappa shape index (κ2) is 7.28. The first-order valence-corrected chi connectivity index (χ1v) is 11.8. The van der Waals surface area contributed by atoms with Gasteiger partial charge in [0.15, 0.2) is 0 Å². The van der Waals surface area contributed by atoms with Crippen LogP contribution in [0, 0.1) is 0 Å². The van der Waals surface area contributed by atoms with E-state index in [1.165, 1.54) is 24.3 Å². The molecule has 2 aromatic carbocycles. The molecule has 0 N–H and O–H groups in total. The van der Waals surface area contributed by atoms with Crippen LogP contribution >= 0.6 is 0 Å². The number of furan rings is 2. The highest BCUT2D eigenvalue weighted by Crippen LogP contribution is 2.34. The average molecular weight is 514 g/mol. The maximum absolute atomic E-state index is 13.1. The largest absolute Gasteiger partial charge is 0.386 e. The summed E-state index contributed by atoms with van der Waals surface area (Å²) in [5, 5.41) is -0.181. The molecule has 38 heavy (non-hydrogen) atoms. The number of benzene rings is 2. The van der Waals surface area contributed by atoms with E-state index in [-0.39, 0.29) is 43.1 Å². The first kappa shape index (κ1) is 22.2. The van der Waals surface area contributed by atoms with Gasteiger partial charge in [0.05, 0.1) is 43.1 Å². The molecule has 0 aliphatic heterocycles. The highest BCUT2D eigenvalue weighted by Gasteiger charge is 2.30. The Balaban J connectivity index is 1.27. The summed E-state index contributed by atoms with van der Waals surface area (Å²) in [6, 6.07) is 3.81. The Labute approximate surface area is 206 Å². The third-order valence-corrected chi connectivity index (χ3v) is 7.76. The molecule has 1 fully saturated rings. The van der Waals surface area contributed by atoms with Crippen molar-refractivity contribution in [2.75, 3.05) is 0 Å². The van der Waals surface area contributed by atoms with E-state index in [4.69, 9.17) is 0 Å². The van der Waals surface area contributed by atoms with E-state index in [9.17, 15) is 38.4 Å². The van der Waals surface area contributed by atoms with Gasteiger partial charge in [-0.3, -0.25) is 28.3 Å². The third-order valence-electron chi connectivity index (χ3n) is 7.76. The summed E-state index contributed by atoms with van der Waals surface area (Å²) in [5.74, 6) is 0. The Hall–Kier alpha value is -5.00. The van der Waals surface area contributed by atoms with Crippen LogP contribution < -0.4 is 44.7 Å². The number of hydrogen-bond donors (Lipinski definition) is 0. The van der Waals surface area contributed by atoms with Crippen molar-refractivity contribution < 1.29 is 8.83 Å². The summed E-state index contributed by atoms with van der Waals surface area (Å²) in [7, 11) is 0. The fourth-order valence-electron chi connectivity index (χ4n) is 5.91. The fourth-order valence-corrected chi connectivity index (χ4v) is 5.91. The lowest BCUT2D eigenvalue weighted by Crippen LogP contribution is -2.36. The van der Waals surface area contributed by atoms with Crippen molar-refractivity contribution in [3.05, 3.63) is 107 Å². The molecule has 0 bridgehead atoms. The first-order valence-electron chi connectivity index (χ1n) is 11.8. The summed E-state index contributed by atoms with van der Waals surface area (Å²) in [6.45, 7) is 0. The van der Waals surface area contributed by atoms with Gasteiger partial charge in [-0.15, -0.1) is 0 Å². The molecule has 0 unspecified atom stereocenters. The summed E-state index contributed by atoms with van der Waals surface area (Å²) in [4.78, 5) is 100. The third kappa shape index (κ3) is 2.74. The quantitative estimate of drug-likeness (QED) is 0.308. The van der Waals surface area contributed by atoms with Crippen LogP contribution in [0.1, 0.15) is 37.8 Å². The van der Waals surface area contributed by atoms with E-state index < -0.39 is 56.8 Å². The van der Waals surface area contributed by atoms with Crippen molar-refractivity contribution >= 4 is 43.1 Å². The number of aromatic nitrogens is 2. The standard InChI is InChI=1S/C26H14N2O10/c29-19-11-5-15-16(24(34)37-23(15)33)6-12(11)20(30)27(19)9-1-2-10(4-3-9)28-21(31)13-7-17-18(8-14(13)22(28)32)26(36)38-25(17)35/h5-10H,1-4H2. The highest BCUT2D eigenvalue weighted by atomic mass is 16.4.